The molecule has 0 saturated carbocycles. The predicted octanol–water partition coefficient (Wildman–Crippen LogP) is 1.40. The Hall–Kier alpha value is -1.91. The molecule has 6 nitrogen and oxygen atoms in total. The normalized spacial score (nSPS) is 26.9. The Morgan fingerprint density at radius 3 is 2.36 bits per heavy atom. The molecule has 2 N–H and O–H groups in total. The van der Waals surface area contributed by atoms with Crippen LogP contribution in [-0.4, -0.2) is 36.9 Å². The summed E-state index contributed by atoms with van der Waals surface area (Å²) < 4.78 is 27.2. The van der Waals surface area contributed by atoms with E-state index in [4.69, 9.17) is 15.7 Å². The number of benzene rings is 1. The summed E-state index contributed by atoms with van der Waals surface area (Å²) in [4.78, 5) is 12.8. The van der Waals surface area contributed by atoms with Gasteiger partial charge >= 0.3 is 0 Å². The van der Waals surface area contributed by atoms with Crippen LogP contribution in [0.3, 0.4) is 0 Å². The lowest BCUT2D eigenvalue weighted by Gasteiger charge is -2.26. The number of fused-ring (bicyclic) bond motifs is 2. The summed E-state index contributed by atoms with van der Waals surface area (Å²) >= 11 is 2.84. The number of sulfone groups is 1. The Morgan fingerprint density at radius 1 is 0.964 bits per heavy atom. The molecule has 2 aliphatic rings. The van der Waals surface area contributed by atoms with Gasteiger partial charge in [-0.25, -0.2) is 8.42 Å². The van der Waals surface area contributed by atoms with Crippen molar-refractivity contribution >= 4 is 32.5 Å². The molecule has 2 aromatic heterocycles. The summed E-state index contributed by atoms with van der Waals surface area (Å²) in [5, 5.41) is 4.44. The van der Waals surface area contributed by atoms with Gasteiger partial charge in [-0.15, -0.1) is 22.7 Å². The van der Waals surface area contributed by atoms with Crippen molar-refractivity contribution in [1.82, 2.24) is 4.90 Å². The minimum Gasteiger partial charge on any atom is -0.314 e. The Bertz CT molecular complexity index is 1210. The predicted molar refractivity (Wildman–Crippen MR) is 109 cm³/mol. The maximum atomic E-state index is 13.4. The van der Waals surface area contributed by atoms with Gasteiger partial charge < -0.3 is 5.73 Å². The van der Waals surface area contributed by atoms with Crippen molar-refractivity contribution < 1.29 is 8.42 Å². The molecule has 28 heavy (non-hydrogen) atoms. The van der Waals surface area contributed by atoms with E-state index < -0.39 is 33.5 Å². The number of para-hydroxylation sites is 2. The van der Waals surface area contributed by atoms with Gasteiger partial charge in [-0.3, -0.25) is 14.9 Å². The lowest BCUT2D eigenvalue weighted by atomic mass is 10.2. The average molecular weight is 431 g/mol. The number of likely N-dealkylation sites (tertiary alicyclic amines) is 1. The average Bonchev–Trinajstić information content (AvgIpc) is 3.43. The summed E-state index contributed by atoms with van der Waals surface area (Å²) in [5.41, 5.74) is 6.56. The Balaban J connectivity index is 1.65. The first-order valence-electron chi connectivity index (χ1n) is 8.87. The molecule has 1 saturated heterocycles. The van der Waals surface area contributed by atoms with Crippen LogP contribution in [-0.2, 0) is 16.4 Å². The van der Waals surface area contributed by atoms with Crippen LogP contribution in [0, 0.1) is 0 Å². The van der Waals surface area contributed by atoms with Gasteiger partial charge in [-0.1, -0.05) is 24.3 Å². The molecule has 2 aliphatic heterocycles. The highest BCUT2D eigenvalue weighted by Gasteiger charge is 2.54. The molecule has 5 rings (SSSR count). The maximum absolute atomic E-state index is 13.4. The van der Waals surface area contributed by atoms with E-state index in [1.807, 2.05) is 46.7 Å². The van der Waals surface area contributed by atoms with Gasteiger partial charge in [0.1, 0.15) is 21.7 Å². The minimum atomic E-state index is -3.63. The van der Waals surface area contributed by atoms with E-state index in [1.165, 1.54) is 11.3 Å². The smallest absolute Gasteiger partial charge is 0.195 e. The number of rotatable bonds is 4. The molecular weight excluding hydrogens is 412 g/mol. The Morgan fingerprint density at radius 2 is 1.68 bits per heavy atom. The molecule has 0 aliphatic carbocycles. The van der Waals surface area contributed by atoms with Gasteiger partial charge in [0.05, 0.1) is 16.9 Å². The number of thiophene rings is 2. The highest BCUT2D eigenvalue weighted by Crippen LogP contribution is 2.36. The molecule has 4 atom stereocenters. The second-order valence-corrected chi connectivity index (χ2v) is 11.1. The third-order valence-electron chi connectivity index (χ3n) is 5.19. The monoisotopic (exact) mass is 430 g/mol. The number of hydrogen-bond acceptors (Lipinski definition) is 8. The molecule has 1 fully saturated rings. The second kappa shape index (κ2) is 6.85. The van der Waals surface area contributed by atoms with E-state index in [9.17, 15) is 8.42 Å². The number of nitrogens with two attached hydrogens (primary N) is 1. The minimum absolute atomic E-state index is 0.332. The fourth-order valence-electron chi connectivity index (χ4n) is 3.92. The van der Waals surface area contributed by atoms with Crippen molar-refractivity contribution in [2.24, 2.45) is 15.7 Å². The van der Waals surface area contributed by atoms with Crippen LogP contribution in [0.2, 0.25) is 0 Å². The third kappa shape index (κ3) is 2.85. The van der Waals surface area contributed by atoms with Crippen LogP contribution in [0.1, 0.15) is 4.88 Å². The zero-order chi connectivity index (χ0) is 19.3. The Labute approximate surface area is 170 Å². The van der Waals surface area contributed by atoms with E-state index in [-0.39, 0.29) is 0 Å². The van der Waals surface area contributed by atoms with Crippen LogP contribution in [0.15, 0.2) is 73.5 Å². The van der Waals surface area contributed by atoms with Crippen LogP contribution in [0.5, 0.6) is 0 Å². The molecule has 0 radical (unpaired) electrons. The lowest BCUT2D eigenvalue weighted by molar-refractivity contribution is 0.184. The maximum Gasteiger partial charge on any atom is 0.195 e. The van der Waals surface area contributed by atoms with E-state index in [1.54, 1.807) is 28.8 Å². The largest absolute Gasteiger partial charge is 0.314 e. The molecule has 0 spiro atoms. The fourth-order valence-corrected chi connectivity index (χ4v) is 7.74. The summed E-state index contributed by atoms with van der Waals surface area (Å²) in [5.74, 6) is 0. The molecule has 4 heterocycles. The van der Waals surface area contributed by atoms with Crippen molar-refractivity contribution in [2.75, 3.05) is 0 Å². The molecule has 9 heteroatoms. The van der Waals surface area contributed by atoms with Crippen LogP contribution in [0.4, 0.5) is 0 Å². The van der Waals surface area contributed by atoms with Gasteiger partial charge in [0.15, 0.2) is 9.84 Å². The lowest BCUT2D eigenvalue weighted by Crippen LogP contribution is -2.47. The topological polar surface area (TPSA) is 88.1 Å². The zero-order valence-corrected chi connectivity index (χ0v) is 17.2. The SMILES string of the molecule is NC1C(S(=O)(=O)c2cccs2)C2N=c3ccccc3=NC2N1Cc1cccs1. The standard InChI is InChI=1S/C19H18N4O2S3/c20-18-17(28(24,25)15-8-4-10-27-15)16-19(23(18)11-12-5-3-9-26-12)22-14-7-2-1-6-13(14)21-16/h1-10,16-19H,11,20H2. The molecule has 144 valence electrons. The highest BCUT2D eigenvalue weighted by molar-refractivity contribution is 7.94. The number of nitrogens with zero attached hydrogens (tertiary/aromatic N) is 3. The van der Waals surface area contributed by atoms with Crippen LogP contribution < -0.4 is 16.4 Å². The zero-order valence-electron chi connectivity index (χ0n) is 14.8. The summed E-state index contributed by atoms with van der Waals surface area (Å²) in [6, 6.07) is 14.4. The summed E-state index contributed by atoms with van der Waals surface area (Å²) in [7, 11) is -3.63. The van der Waals surface area contributed by atoms with Gasteiger partial charge in [0.2, 0.25) is 0 Å². The molecule has 1 aromatic carbocycles. The first-order chi connectivity index (χ1) is 13.6. The molecule has 4 unspecified atom stereocenters. The fraction of sp³-hybridized carbons (Fsp3) is 0.263. The van der Waals surface area contributed by atoms with Crippen molar-refractivity contribution in [3.05, 3.63) is 74.9 Å². The number of hydrogen-bond donors (Lipinski definition) is 1. The van der Waals surface area contributed by atoms with Crippen molar-refractivity contribution in [3.63, 3.8) is 0 Å². The molecule has 0 amide bonds. The van der Waals surface area contributed by atoms with Crippen molar-refractivity contribution in [3.8, 4) is 0 Å². The van der Waals surface area contributed by atoms with Crippen LogP contribution >= 0.6 is 22.7 Å². The molecule has 0 bridgehead atoms. The van der Waals surface area contributed by atoms with Crippen molar-refractivity contribution in [1.29, 1.82) is 0 Å². The van der Waals surface area contributed by atoms with E-state index in [0.717, 1.165) is 15.6 Å². The van der Waals surface area contributed by atoms with Crippen molar-refractivity contribution in [2.45, 2.75) is 34.4 Å². The third-order valence-corrected chi connectivity index (χ3v) is 9.67. The van der Waals surface area contributed by atoms with E-state index in [0.29, 0.717) is 10.8 Å². The quantitative estimate of drug-likeness (QED) is 0.678. The van der Waals surface area contributed by atoms with E-state index >= 15 is 0 Å². The molecule has 3 aromatic rings. The second-order valence-electron chi connectivity index (χ2n) is 6.84. The van der Waals surface area contributed by atoms with Crippen LogP contribution in [0.25, 0.3) is 0 Å². The highest BCUT2D eigenvalue weighted by atomic mass is 32.2. The van der Waals surface area contributed by atoms with Gasteiger partial charge in [0.25, 0.3) is 0 Å². The van der Waals surface area contributed by atoms with Gasteiger partial charge in [-0.05, 0) is 35.0 Å². The summed E-state index contributed by atoms with van der Waals surface area (Å²) in [6.07, 6.45) is -1.09. The van der Waals surface area contributed by atoms with E-state index in [2.05, 4.69) is 0 Å². The Kier molecular flexibility index (Phi) is 4.44. The summed E-state index contributed by atoms with van der Waals surface area (Å²) in [6.45, 7) is 0.553. The first-order valence-corrected chi connectivity index (χ1v) is 12.2. The first kappa shape index (κ1) is 18.1. The van der Waals surface area contributed by atoms with Gasteiger partial charge in [0, 0.05) is 11.4 Å². The van der Waals surface area contributed by atoms with Gasteiger partial charge in [-0.2, -0.15) is 0 Å². The molecular formula is C19H18N4O2S3.